The summed E-state index contributed by atoms with van der Waals surface area (Å²) < 4.78 is 31.6. The fourth-order valence-corrected chi connectivity index (χ4v) is 1.97. The number of halogens is 3. The van der Waals surface area contributed by atoms with Crippen molar-refractivity contribution in [1.29, 1.82) is 0 Å². The van der Waals surface area contributed by atoms with E-state index in [4.69, 9.17) is 4.74 Å². The van der Waals surface area contributed by atoms with Gasteiger partial charge in [-0.1, -0.05) is 0 Å². The summed E-state index contributed by atoms with van der Waals surface area (Å²) in [6, 6.07) is 0. The van der Waals surface area contributed by atoms with Gasteiger partial charge in [-0.2, -0.15) is 8.78 Å². The molecule has 156 valence electrons. The van der Waals surface area contributed by atoms with Gasteiger partial charge in [0.25, 0.3) is 0 Å². The molecule has 1 heterocycles. The number of nitrogens with zero attached hydrogens (tertiary/aromatic N) is 3. The minimum atomic E-state index is -2.65. The lowest BCUT2D eigenvalue weighted by Gasteiger charge is -2.29. The summed E-state index contributed by atoms with van der Waals surface area (Å²) in [5, 5.41) is 8.71. The summed E-state index contributed by atoms with van der Waals surface area (Å²) in [4.78, 5) is 19.8. The second kappa shape index (κ2) is 10.6. The molecule has 0 aliphatic rings. The Morgan fingerprint density at radius 3 is 2.44 bits per heavy atom. The number of aromatic nitrogens is 2. The van der Waals surface area contributed by atoms with Crippen LogP contribution < -0.4 is 16.0 Å². The molecule has 0 aromatic carbocycles. The van der Waals surface area contributed by atoms with Crippen molar-refractivity contribution in [3.63, 3.8) is 0 Å². The third kappa shape index (κ3) is 9.73. The normalized spacial score (nSPS) is 12.4. The molecule has 0 aliphatic heterocycles. The molecule has 0 spiro atoms. The number of alkyl halides is 2. The molecule has 1 rings (SSSR count). The predicted molar refractivity (Wildman–Crippen MR) is 111 cm³/mol. The van der Waals surface area contributed by atoms with Crippen LogP contribution in [0.5, 0.6) is 0 Å². The summed E-state index contributed by atoms with van der Waals surface area (Å²) in [6.45, 7) is 6.77. The second-order valence-electron chi connectivity index (χ2n) is 7.32. The average Bonchev–Trinajstić information content (AvgIpc) is 2.93. The Bertz CT molecular complexity index is 629. The highest BCUT2D eigenvalue weighted by atomic mass is 127. The average molecular weight is 502 g/mol. The zero-order chi connectivity index (χ0) is 20.0. The van der Waals surface area contributed by atoms with Gasteiger partial charge < -0.3 is 20.7 Å². The number of imidazole rings is 1. The second-order valence-corrected chi connectivity index (χ2v) is 7.32. The molecule has 1 amide bonds. The Morgan fingerprint density at radius 1 is 1.30 bits per heavy atom. The number of amides is 1. The lowest BCUT2D eigenvalue weighted by molar-refractivity contribution is 0.0473. The minimum Gasteiger partial charge on any atom is -0.444 e. The van der Waals surface area contributed by atoms with Gasteiger partial charge in [-0.05, 0) is 34.6 Å². The monoisotopic (exact) mass is 502 g/mol. The van der Waals surface area contributed by atoms with Gasteiger partial charge in [0, 0.05) is 26.0 Å². The topological polar surface area (TPSA) is 92.6 Å². The van der Waals surface area contributed by atoms with E-state index < -0.39 is 23.8 Å². The van der Waals surface area contributed by atoms with Gasteiger partial charge in [-0.25, -0.2) is 9.78 Å². The highest BCUT2D eigenvalue weighted by molar-refractivity contribution is 14.0. The van der Waals surface area contributed by atoms with Crippen LogP contribution in [0.25, 0.3) is 0 Å². The van der Waals surface area contributed by atoms with Crippen LogP contribution >= 0.6 is 24.0 Å². The van der Waals surface area contributed by atoms with E-state index in [1.165, 1.54) is 12.4 Å². The summed E-state index contributed by atoms with van der Waals surface area (Å²) in [6.07, 6.45) is 2.00. The summed E-state index contributed by atoms with van der Waals surface area (Å²) >= 11 is 0. The van der Waals surface area contributed by atoms with Gasteiger partial charge in [0.1, 0.15) is 11.4 Å². The highest BCUT2D eigenvalue weighted by Crippen LogP contribution is 2.12. The quantitative estimate of drug-likeness (QED) is 0.316. The largest absolute Gasteiger partial charge is 0.444 e. The number of aliphatic imine (C=N–C) groups is 1. The molecule has 0 radical (unpaired) electrons. The van der Waals surface area contributed by atoms with Crippen molar-refractivity contribution in [2.45, 2.75) is 58.9 Å². The van der Waals surface area contributed by atoms with Crippen LogP contribution in [-0.4, -0.2) is 46.3 Å². The molecule has 0 fully saturated rings. The molecular formula is C16H29F2IN6O2. The Kier molecular flexibility index (Phi) is 9.96. The third-order valence-electron chi connectivity index (χ3n) is 3.13. The molecule has 0 bridgehead atoms. The first-order chi connectivity index (χ1) is 11.9. The molecule has 3 N–H and O–H groups in total. The minimum absolute atomic E-state index is 0. The van der Waals surface area contributed by atoms with Crippen molar-refractivity contribution in [2.75, 3.05) is 13.6 Å². The number of rotatable bonds is 6. The van der Waals surface area contributed by atoms with E-state index in [9.17, 15) is 13.6 Å². The van der Waals surface area contributed by atoms with Crippen molar-refractivity contribution in [2.24, 2.45) is 4.99 Å². The van der Waals surface area contributed by atoms with Crippen molar-refractivity contribution >= 4 is 36.0 Å². The number of carbonyl (C=O) groups is 1. The molecule has 0 saturated carbocycles. The summed E-state index contributed by atoms with van der Waals surface area (Å²) in [5.74, 6) is 0.585. The van der Waals surface area contributed by atoms with E-state index in [1.807, 2.05) is 13.8 Å². The lowest BCUT2D eigenvalue weighted by atomic mass is 10.1. The van der Waals surface area contributed by atoms with Crippen LogP contribution in [0.3, 0.4) is 0 Å². The maximum atomic E-state index is 12.8. The Morgan fingerprint density at radius 2 is 1.93 bits per heavy atom. The molecule has 8 nitrogen and oxygen atoms in total. The number of ether oxygens (including phenoxy) is 1. The van der Waals surface area contributed by atoms with Gasteiger partial charge in [-0.3, -0.25) is 9.56 Å². The van der Waals surface area contributed by atoms with E-state index >= 15 is 0 Å². The first-order valence-corrected chi connectivity index (χ1v) is 8.19. The first kappa shape index (κ1) is 25.3. The maximum absolute atomic E-state index is 12.8. The Labute approximate surface area is 175 Å². The highest BCUT2D eigenvalue weighted by Gasteiger charge is 2.24. The van der Waals surface area contributed by atoms with Crippen molar-refractivity contribution in [3.8, 4) is 0 Å². The molecule has 0 unspecified atom stereocenters. The van der Waals surface area contributed by atoms with Crippen LogP contribution in [0.1, 0.15) is 47.0 Å². The number of hydrogen-bond acceptors (Lipinski definition) is 4. The molecule has 1 aromatic rings. The maximum Gasteiger partial charge on any atom is 0.408 e. The van der Waals surface area contributed by atoms with Gasteiger partial charge >= 0.3 is 12.6 Å². The summed E-state index contributed by atoms with van der Waals surface area (Å²) in [5.41, 5.74) is -1.21. The standard InChI is InChI=1S/C16H28F2N6O2.HI/c1-15(2,3)26-14(25)23-16(4,5)10-22-13(19-6)21-9-11-20-7-8-24(11)12(17)18;/h7-8,12H,9-10H2,1-6H3,(H,23,25)(H2,19,21,22);1H. The fraction of sp³-hybridized carbons (Fsp3) is 0.688. The third-order valence-corrected chi connectivity index (χ3v) is 3.13. The van der Waals surface area contributed by atoms with Crippen LogP contribution in [0, 0.1) is 0 Å². The van der Waals surface area contributed by atoms with E-state index in [0.717, 1.165) is 4.57 Å². The fourth-order valence-electron chi connectivity index (χ4n) is 1.97. The zero-order valence-electron chi connectivity index (χ0n) is 16.5. The van der Waals surface area contributed by atoms with Crippen molar-refractivity contribution in [3.05, 3.63) is 18.2 Å². The molecule has 1 aromatic heterocycles. The molecule has 0 atom stereocenters. The van der Waals surface area contributed by atoms with E-state index in [0.29, 0.717) is 12.5 Å². The van der Waals surface area contributed by atoms with Crippen molar-refractivity contribution < 1.29 is 18.3 Å². The van der Waals surface area contributed by atoms with Gasteiger partial charge in [-0.15, -0.1) is 24.0 Å². The van der Waals surface area contributed by atoms with E-state index in [2.05, 4.69) is 25.9 Å². The van der Waals surface area contributed by atoms with Crippen LogP contribution in [0.2, 0.25) is 0 Å². The predicted octanol–water partition coefficient (Wildman–Crippen LogP) is 2.86. The molecule has 0 aliphatic carbocycles. The van der Waals surface area contributed by atoms with Gasteiger partial charge in [0.2, 0.25) is 0 Å². The van der Waals surface area contributed by atoms with E-state index in [1.54, 1.807) is 27.8 Å². The van der Waals surface area contributed by atoms with Crippen molar-refractivity contribution in [1.82, 2.24) is 25.5 Å². The Balaban J connectivity index is 0.00000676. The van der Waals surface area contributed by atoms with Crippen LogP contribution in [0.15, 0.2) is 17.4 Å². The van der Waals surface area contributed by atoms with E-state index in [-0.39, 0.29) is 36.3 Å². The van der Waals surface area contributed by atoms with Crippen LogP contribution in [-0.2, 0) is 11.3 Å². The number of guanidine groups is 1. The molecule has 0 saturated heterocycles. The number of alkyl carbamates (subject to hydrolysis) is 1. The molecule has 11 heteroatoms. The molecular weight excluding hydrogens is 473 g/mol. The first-order valence-electron chi connectivity index (χ1n) is 8.19. The number of carbonyl (C=O) groups excluding carboxylic acids is 1. The number of nitrogens with one attached hydrogen (secondary N) is 3. The SMILES string of the molecule is CN=C(NCc1nccn1C(F)F)NCC(C)(C)NC(=O)OC(C)(C)C.I. The lowest BCUT2D eigenvalue weighted by Crippen LogP contribution is -2.54. The van der Waals surface area contributed by atoms with Gasteiger partial charge in [0.15, 0.2) is 5.96 Å². The Hall–Kier alpha value is -1.66. The van der Waals surface area contributed by atoms with Gasteiger partial charge in [0.05, 0.1) is 12.1 Å². The number of hydrogen-bond donors (Lipinski definition) is 3. The van der Waals surface area contributed by atoms with Crippen LogP contribution in [0.4, 0.5) is 13.6 Å². The summed E-state index contributed by atoms with van der Waals surface area (Å²) in [7, 11) is 1.56. The smallest absolute Gasteiger partial charge is 0.408 e. The zero-order valence-corrected chi connectivity index (χ0v) is 18.8. The molecule has 27 heavy (non-hydrogen) atoms.